The molecule has 7 atom stereocenters. The zero-order valence-corrected chi connectivity index (χ0v) is 20.5. The van der Waals surface area contributed by atoms with Gasteiger partial charge in [0.15, 0.2) is 16.6 Å². The van der Waals surface area contributed by atoms with Gasteiger partial charge in [-0.2, -0.15) is 8.62 Å². The van der Waals surface area contributed by atoms with E-state index in [1.54, 1.807) is 6.26 Å². The van der Waals surface area contributed by atoms with Crippen LogP contribution in [-0.2, 0) is 26.8 Å². The molecule has 2 aromatic heterocycles. The summed E-state index contributed by atoms with van der Waals surface area (Å²) in [7, 11) is -16.6. The van der Waals surface area contributed by atoms with E-state index in [9.17, 15) is 33.7 Å². The minimum atomic E-state index is -5.68. The highest BCUT2D eigenvalue weighted by Crippen LogP contribution is 2.71. The van der Waals surface area contributed by atoms with Crippen molar-refractivity contribution in [2.75, 3.05) is 18.6 Å². The van der Waals surface area contributed by atoms with Gasteiger partial charge in [-0.05, 0) is 18.6 Å². The molecule has 0 bridgehead atoms. The van der Waals surface area contributed by atoms with Gasteiger partial charge in [-0.15, -0.1) is 0 Å². The zero-order valence-electron chi connectivity index (χ0n) is 17.0. The fourth-order valence-electron chi connectivity index (χ4n) is 4.26. The molecule has 2 aromatic rings. The first-order valence-electron chi connectivity index (χ1n) is 9.28. The monoisotopic (exact) mass is 563 g/mol. The van der Waals surface area contributed by atoms with Crippen molar-refractivity contribution >= 4 is 52.2 Å². The first kappa shape index (κ1) is 26.1. The second kappa shape index (κ2) is 8.56. The van der Waals surface area contributed by atoms with Gasteiger partial charge in [-0.1, -0.05) is 11.8 Å². The van der Waals surface area contributed by atoms with Crippen molar-refractivity contribution in [2.45, 2.75) is 29.8 Å². The Kier molecular flexibility index (Phi) is 6.57. The van der Waals surface area contributed by atoms with Crippen LogP contribution >= 0.6 is 35.2 Å². The molecule has 0 saturated heterocycles. The number of hydrogen-bond acceptors (Lipinski definition) is 13. The predicted octanol–water partition coefficient (Wildman–Crippen LogP) is -0.243. The van der Waals surface area contributed by atoms with E-state index in [0.29, 0.717) is 10.8 Å². The lowest BCUT2D eigenvalue weighted by atomic mass is 10.0. The van der Waals surface area contributed by atoms with E-state index in [1.807, 2.05) is 0 Å². The molecule has 4 rings (SSSR count). The van der Waals surface area contributed by atoms with Crippen molar-refractivity contribution in [3.8, 4) is 0 Å². The third-order valence-corrected chi connectivity index (χ3v) is 10.0. The van der Waals surface area contributed by atoms with Crippen LogP contribution in [0.2, 0.25) is 0 Å². The fraction of sp³-hybridized carbons (Fsp3) is 0.615. The molecule has 0 amide bonds. The number of nitrogen functional groups attached to an aromatic ring is 1. The molecule has 2 fully saturated rings. The molecule has 21 heteroatoms. The highest BCUT2D eigenvalue weighted by atomic mass is 32.2. The normalized spacial score (nSPS) is 32.3. The van der Waals surface area contributed by atoms with Gasteiger partial charge in [0.25, 0.3) is 0 Å². The lowest BCUT2D eigenvalue weighted by Gasteiger charge is -2.24. The third kappa shape index (κ3) is 4.84. The Balaban J connectivity index is 1.53. The van der Waals surface area contributed by atoms with Crippen molar-refractivity contribution in [3.63, 3.8) is 0 Å². The maximum atomic E-state index is 12.1. The smallest absolute Gasteiger partial charge is 0.390 e. The van der Waals surface area contributed by atoms with Gasteiger partial charge in [0.2, 0.25) is 0 Å². The van der Waals surface area contributed by atoms with E-state index in [2.05, 4.69) is 23.6 Å². The molecule has 2 saturated carbocycles. The van der Waals surface area contributed by atoms with Gasteiger partial charge in [0, 0.05) is 5.41 Å². The molecule has 2 aliphatic carbocycles. The van der Waals surface area contributed by atoms with E-state index in [4.69, 9.17) is 20.0 Å². The summed E-state index contributed by atoms with van der Waals surface area (Å²) in [5.41, 5.74) is 5.28. The molecule has 0 radical (unpaired) electrons. The minimum absolute atomic E-state index is 0.121. The first-order valence-corrected chi connectivity index (χ1v) is 15.0. The van der Waals surface area contributed by atoms with Gasteiger partial charge in [0.1, 0.15) is 11.6 Å². The molecule has 17 nitrogen and oxygen atoms in total. The van der Waals surface area contributed by atoms with Crippen LogP contribution in [0.25, 0.3) is 11.2 Å². The summed E-state index contributed by atoms with van der Waals surface area (Å²) < 4.78 is 47.9. The van der Waals surface area contributed by atoms with Gasteiger partial charge in [-0.25, -0.2) is 28.6 Å². The van der Waals surface area contributed by atoms with Crippen LogP contribution in [0.3, 0.4) is 0 Å². The number of fused-ring (bicyclic) bond motifs is 2. The SMILES string of the molecule is CSc1nc(N)c2ncn([C@H]3[C@H](O)[C@H](O)[C@]4(COP(=O)(O)OP(=O)(O)OP(=O)(O)O)C[C@H]34)c2n1. The number of nitrogens with two attached hydrogens (primary N) is 1. The number of phosphoric acid groups is 3. The summed E-state index contributed by atoms with van der Waals surface area (Å²) in [4.78, 5) is 48.8. The molecule has 2 heterocycles. The topological polar surface area (TPSA) is 270 Å². The zero-order chi connectivity index (χ0) is 25.3. The Morgan fingerprint density at radius 2 is 1.85 bits per heavy atom. The Morgan fingerprint density at radius 3 is 2.47 bits per heavy atom. The van der Waals surface area contributed by atoms with Crippen molar-refractivity contribution in [2.24, 2.45) is 11.3 Å². The van der Waals surface area contributed by atoms with Crippen LogP contribution in [0.15, 0.2) is 11.5 Å². The van der Waals surface area contributed by atoms with Crippen LogP contribution in [-0.4, -0.2) is 74.4 Å². The summed E-state index contributed by atoms with van der Waals surface area (Å²) in [5.74, 6) is -0.369. The van der Waals surface area contributed by atoms with E-state index < -0.39 is 59.7 Å². The van der Waals surface area contributed by atoms with Crippen molar-refractivity contribution in [1.82, 2.24) is 19.5 Å². The lowest BCUT2D eigenvalue weighted by molar-refractivity contribution is -0.0297. The number of phosphoric ester groups is 1. The Morgan fingerprint density at radius 1 is 1.18 bits per heavy atom. The molecule has 34 heavy (non-hydrogen) atoms. The summed E-state index contributed by atoms with van der Waals surface area (Å²) in [5, 5.41) is 21.7. The Bertz CT molecular complexity index is 1270. The molecule has 2 unspecified atom stereocenters. The quantitative estimate of drug-likeness (QED) is 0.118. The molecule has 2 aliphatic rings. The molecule has 0 spiro atoms. The second-order valence-corrected chi connectivity index (χ2v) is 12.9. The van der Waals surface area contributed by atoms with Gasteiger partial charge >= 0.3 is 23.5 Å². The Labute approximate surface area is 194 Å². The number of aromatic nitrogens is 4. The van der Waals surface area contributed by atoms with Crippen LogP contribution in [0.4, 0.5) is 5.82 Å². The fourth-order valence-corrected chi connectivity index (χ4v) is 7.72. The van der Waals surface area contributed by atoms with Gasteiger partial charge in [0.05, 0.1) is 25.1 Å². The van der Waals surface area contributed by atoms with Crippen LogP contribution < -0.4 is 5.73 Å². The van der Waals surface area contributed by atoms with Crippen LogP contribution in [0.1, 0.15) is 12.5 Å². The molecule has 0 aromatic carbocycles. The number of nitrogens with zero attached hydrogens (tertiary/aromatic N) is 4. The van der Waals surface area contributed by atoms with E-state index >= 15 is 0 Å². The van der Waals surface area contributed by atoms with E-state index in [0.717, 1.165) is 0 Å². The highest BCUT2D eigenvalue weighted by Gasteiger charge is 2.72. The third-order valence-electron chi connectivity index (χ3n) is 5.70. The summed E-state index contributed by atoms with van der Waals surface area (Å²) in [6, 6.07) is -0.770. The number of anilines is 1. The Hall–Kier alpha value is -0.970. The maximum Gasteiger partial charge on any atom is 0.490 e. The van der Waals surface area contributed by atoms with Crippen molar-refractivity contribution < 1.29 is 56.6 Å². The van der Waals surface area contributed by atoms with E-state index in [1.165, 1.54) is 22.7 Å². The molecule has 8 N–H and O–H groups in total. The molecular weight excluding hydrogens is 543 g/mol. The number of rotatable bonds is 9. The largest absolute Gasteiger partial charge is 0.490 e. The summed E-state index contributed by atoms with van der Waals surface area (Å²) >= 11 is 1.23. The van der Waals surface area contributed by atoms with Crippen molar-refractivity contribution in [3.05, 3.63) is 6.33 Å². The van der Waals surface area contributed by atoms with Crippen molar-refractivity contribution in [1.29, 1.82) is 0 Å². The number of aliphatic hydroxyl groups is 2. The molecular formula is C13H20N5O12P3S. The number of aliphatic hydroxyl groups excluding tert-OH is 2. The summed E-state index contributed by atoms with van der Waals surface area (Å²) in [6.45, 7) is -0.699. The van der Waals surface area contributed by atoms with Gasteiger partial charge in [-0.3, -0.25) is 4.52 Å². The van der Waals surface area contributed by atoms with Crippen LogP contribution in [0, 0.1) is 11.3 Å². The second-order valence-electron chi connectivity index (χ2n) is 7.75. The minimum Gasteiger partial charge on any atom is -0.390 e. The predicted molar refractivity (Wildman–Crippen MR) is 113 cm³/mol. The maximum absolute atomic E-state index is 12.1. The highest BCUT2D eigenvalue weighted by molar-refractivity contribution is 7.98. The number of imidazole rings is 1. The van der Waals surface area contributed by atoms with E-state index in [-0.39, 0.29) is 17.8 Å². The average Bonchev–Trinajstić information content (AvgIpc) is 3.18. The first-order chi connectivity index (χ1) is 15.6. The number of hydrogen-bond donors (Lipinski definition) is 7. The standard InChI is InChI=1S/C13H20N5O12P3S/c1-34-12-16-10(14)6-11(17-12)18(4-15-6)7-5-2-13(5,9(20)8(7)19)3-28-32(24,25)30-33(26,27)29-31(21,22)23/h4-5,7-9,19-20H,2-3H2,1H3,(H,24,25)(H,26,27)(H2,14,16,17)(H2,21,22,23)/t5-,7-,8+,9+,13+/m1/s1. The average molecular weight is 563 g/mol. The van der Waals surface area contributed by atoms with Gasteiger partial charge < -0.3 is 40.1 Å². The van der Waals surface area contributed by atoms with Crippen LogP contribution in [0.5, 0.6) is 0 Å². The number of thioether (sulfide) groups is 1. The summed E-state index contributed by atoms with van der Waals surface area (Å²) in [6.07, 6.45) is 0.531. The molecule has 190 valence electrons. The lowest BCUT2D eigenvalue weighted by Crippen LogP contribution is -2.35. The molecule has 0 aliphatic heterocycles.